The molecule has 7 nitrogen and oxygen atoms in total. The lowest BCUT2D eigenvalue weighted by molar-refractivity contribution is 0.0946. The number of carbonyl (C=O) groups is 1. The Hall–Kier alpha value is -3.42. The van der Waals surface area contributed by atoms with Gasteiger partial charge in [-0.15, -0.1) is 5.10 Å². The summed E-state index contributed by atoms with van der Waals surface area (Å²) in [7, 11) is 1.59. The molecule has 0 fully saturated rings. The molecular formula is C18H18FN5O2. The molecule has 0 spiro atoms. The van der Waals surface area contributed by atoms with Gasteiger partial charge < -0.3 is 15.8 Å². The minimum Gasteiger partial charge on any atom is -0.497 e. The number of anilines is 1. The highest BCUT2D eigenvalue weighted by atomic mass is 19.1. The van der Waals surface area contributed by atoms with E-state index in [4.69, 9.17) is 10.5 Å². The van der Waals surface area contributed by atoms with Crippen molar-refractivity contribution in [2.24, 2.45) is 0 Å². The maximum Gasteiger partial charge on any atom is 0.275 e. The predicted molar refractivity (Wildman–Crippen MR) is 94.1 cm³/mol. The Morgan fingerprint density at radius 2 is 2.00 bits per heavy atom. The van der Waals surface area contributed by atoms with E-state index in [1.807, 2.05) is 24.3 Å². The number of nitrogens with one attached hydrogen (secondary N) is 1. The number of aromatic nitrogens is 3. The average Bonchev–Trinajstić information content (AvgIpc) is 3.01. The van der Waals surface area contributed by atoms with Gasteiger partial charge in [0.05, 0.1) is 13.7 Å². The van der Waals surface area contributed by atoms with E-state index in [0.29, 0.717) is 6.54 Å². The number of rotatable bonds is 6. The van der Waals surface area contributed by atoms with Gasteiger partial charge in [-0.2, -0.15) is 0 Å². The molecule has 3 rings (SSSR count). The van der Waals surface area contributed by atoms with Crippen LogP contribution in [0.4, 0.5) is 10.2 Å². The summed E-state index contributed by atoms with van der Waals surface area (Å²) >= 11 is 0. The van der Waals surface area contributed by atoms with Crippen molar-refractivity contribution in [2.45, 2.75) is 13.1 Å². The van der Waals surface area contributed by atoms with Gasteiger partial charge in [0.25, 0.3) is 5.91 Å². The molecule has 0 atom stereocenters. The van der Waals surface area contributed by atoms with Crippen molar-refractivity contribution in [3.05, 3.63) is 71.2 Å². The normalized spacial score (nSPS) is 10.5. The topological polar surface area (TPSA) is 95.1 Å². The summed E-state index contributed by atoms with van der Waals surface area (Å²) in [5, 5.41) is 10.5. The molecule has 0 aliphatic rings. The fourth-order valence-corrected chi connectivity index (χ4v) is 2.41. The number of nitrogens with two attached hydrogens (primary N) is 1. The molecule has 0 saturated heterocycles. The van der Waals surface area contributed by atoms with Crippen LogP contribution in [0.2, 0.25) is 0 Å². The van der Waals surface area contributed by atoms with E-state index in [1.54, 1.807) is 19.2 Å². The Morgan fingerprint density at radius 1 is 1.23 bits per heavy atom. The molecule has 134 valence electrons. The van der Waals surface area contributed by atoms with Gasteiger partial charge in [-0.1, -0.05) is 29.5 Å². The number of nitrogen functional groups attached to an aromatic ring is 1. The minimum atomic E-state index is -0.441. The third-order valence-electron chi connectivity index (χ3n) is 3.82. The lowest BCUT2D eigenvalue weighted by Gasteiger charge is -2.06. The summed E-state index contributed by atoms with van der Waals surface area (Å²) in [6, 6.07) is 13.3. The van der Waals surface area contributed by atoms with E-state index < -0.39 is 5.91 Å². The van der Waals surface area contributed by atoms with Crippen molar-refractivity contribution in [1.82, 2.24) is 20.3 Å². The second kappa shape index (κ2) is 7.64. The number of hydrogen-bond acceptors (Lipinski definition) is 5. The van der Waals surface area contributed by atoms with E-state index in [-0.39, 0.29) is 23.9 Å². The molecule has 0 aliphatic heterocycles. The van der Waals surface area contributed by atoms with Gasteiger partial charge >= 0.3 is 0 Å². The highest BCUT2D eigenvalue weighted by Gasteiger charge is 2.17. The van der Waals surface area contributed by atoms with Crippen molar-refractivity contribution in [3.63, 3.8) is 0 Å². The van der Waals surface area contributed by atoms with Crippen LogP contribution in [0.15, 0.2) is 48.5 Å². The molecule has 1 amide bonds. The quantitative estimate of drug-likeness (QED) is 0.705. The van der Waals surface area contributed by atoms with Crippen LogP contribution in [-0.4, -0.2) is 28.0 Å². The summed E-state index contributed by atoms with van der Waals surface area (Å²) < 4.78 is 19.5. The second-order valence-electron chi connectivity index (χ2n) is 5.64. The number of methoxy groups -OCH3 is 1. The molecule has 26 heavy (non-hydrogen) atoms. The van der Waals surface area contributed by atoms with Crippen LogP contribution in [-0.2, 0) is 13.1 Å². The van der Waals surface area contributed by atoms with Gasteiger partial charge in [0, 0.05) is 6.54 Å². The van der Waals surface area contributed by atoms with Crippen molar-refractivity contribution < 1.29 is 13.9 Å². The number of carbonyl (C=O) groups excluding carboxylic acids is 1. The molecule has 0 radical (unpaired) electrons. The largest absolute Gasteiger partial charge is 0.497 e. The summed E-state index contributed by atoms with van der Waals surface area (Å²) in [5.74, 6) is 0.122. The smallest absolute Gasteiger partial charge is 0.275 e. The lowest BCUT2D eigenvalue weighted by Crippen LogP contribution is -2.24. The zero-order chi connectivity index (χ0) is 18.5. The van der Waals surface area contributed by atoms with Crippen LogP contribution in [0, 0.1) is 5.82 Å². The van der Waals surface area contributed by atoms with Crippen LogP contribution < -0.4 is 15.8 Å². The van der Waals surface area contributed by atoms with Crippen LogP contribution in [0.3, 0.4) is 0 Å². The number of benzene rings is 2. The standard InChI is InChI=1S/C18H18FN5O2/c1-26-15-4-2-3-13(9-15)11-24-17(20)16(22-23-24)18(25)21-10-12-5-7-14(19)8-6-12/h2-9H,10-11,20H2,1H3,(H,21,25). The van der Waals surface area contributed by atoms with Crippen molar-refractivity contribution in [3.8, 4) is 5.75 Å². The maximum atomic E-state index is 12.9. The molecule has 0 aliphatic carbocycles. The zero-order valence-corrected chi connectivity index (χ0v) is 14.1. The van der Waals surface area contributed by atoms with Gasteiger partial charge in [-0.05, 0) is 35.4 Å². The maximum absolute atomic E-state index is 12.9. The first-order chi connectivity index (χ1) is 12.6. The molecule has 1 heterocycles. The number of amides is 1. The second-order valence-corrected chi connectivity index (χ2v) is 5.64. The zero-order valence-electron chi connectivity index (χ0n) is 14.1. The third kappa shape index (κ3) is 3.97. The van der Waals surface area contributed by atoms with E-state index in [2.05, 4.69) is 15.6 Å². The summed E-state index contributed by atoms with van der Waals surface area (Å²) in [6.45, 7) is 0.600. The lowest BCUT2D eigenvalue weighted by atomic mass is 10.2. The van der Waals surface area contributed by atoms with E-state index in [1.165, 1.54) is 16.8 Å². The fourth-order valence-electron chi connectivity index (χ4n) is 2.41. The minimum absolute atomic E-state index is 0.0509. The summed E-state index contributed by atoms with van der Waals surface area (Å²) in [5.41, 5.74) is 7.74. The number of nitrogens with zero attached hydrogens (tertiary/aromatic N) is 3. The van der Waals surface area contributed by atoms with E-state index in [9.17, 15) is 9.18 Å². The molecule has 8 heteroatoms. The van der Waals surface area contributed by atoms with Crippen LogP contribution in [0.25, 0.3) is 0 Å². The molecule has 0 bridgehead atoms. The first-order valence-corrected chi connectivity index (χ1v) is 7.91. The molecule has 2 aromatic carbocycles. The van der Waals surface area contributed by atoms with Gasteiger partial charge in [0.2, 0.25) is 0 Å². The highest BCUT2D eigenvalue weighted by molar-refractivity contribution is 5.96. The van der Waals surface area contributed by atoms with Crippen molar-refractivity contribution >= 4 is 11.7 Å². The number of ether oxygens (including phenoxy) is 1. The summed E-state index contributed by atoms with van der Waals surface area (Å²) in [4.78, 5) is 12.3. The van der Waals surface area contributed by atoms with Gasteiger partial charge in [-0.25, -0.2) is 9.07 Å². The third-order valence-corrected chi connectivity index (χ3v) is 3.82. The fraction of sp³-hybridized carbons (Fsp3) is 0.167. The van der Waals surface area contributed by atoms with Gasteiger partial charge in [0.1, 0.15) is 11.6 Å². The first-order valence-electron chi connectivity index (χ1n) is 7.91. The van der Waals surface area contributed by atoms with Crippen LogP contribution >= 0.6 is 0 Å². The Labute approximate surface area is 149 Å². The van der Waals surface area contributed by atoms with Crippen molar-refractivity contribution in [1.29, 1.82) is 0 Å². The number of hydrogen-bond donors (Lipinski definition) is 2. The molecule has 0 unspecified atom stereocenters. The Balaban J connectivity index is 1.67. The average molecular weight is 355 g/mol. The highest BCUT2D eigenvalue weighted by Crippen LogP contribution is 2.16. The molecule has 3 aromatic rings. The number of halogens is 1. The van der Waals surface area contributed by atoms with Gasteiger partial charge in [-0.3, -0.25) is 4.79 Å². The monoisotopic (exact) mass is 355 g/mol. The summed E-state index contributed by atoms with van der Waals surface area (Å²) in [6.07, 6.45) is 0. The first kappa shape index (κ1) is 17.4. The predicted octanol–water partition coefficient (Wildman–Crippen LogP) is 1.99. The molecule has 0 saturated carbocycles. The van der Waals surface area contributed by atoms with E-state index in [0.717, 1.165) is 16.9 Å². The molecule has 1 aromatic heterocycles. The Morgan fingerprint density at radius 3 is 2.73 bits per heavy atom. The van der Waals surface area contributed by atoms with Crippen LogP contribution in [0.1, 0.15) is 21.6 Å². The SMILES string of the molecule is COc1cccc(Cn2nnc(C(=O)NCc3ccc(F)cc3)c2N)c1. The molecular weight excluding hydrogens is 337 g/mol. The molecule has 3 N–H and O–H groups in total. The van der Waals surface area contributed by atoms with Gasteiger partial charge in [0.15, 0.2) is 11.5 Å². The Kier molecular flexibility index (Phi) is 5.12. The van der Waals surface area contributed by atoms with Crippen LogP contribution in [0.5, 0.6) is 5.75 Å². The van der Waals surface area contributed by atoms with E-state index >= 15 is 0 Å². The Bertz CT molecular complexity index is 908. The van der Waals surface area contributed by atoms with Crippen molar-refractivity contribution in [2.75, 3.05) is 12.8 Å².